The van der Waals surface area contributed by atoms with Crippen LogP contribution in [0.15, 0.2) is 59.5 Å². The highest BCUT2D eigenvalue weighted by Gasteiger charge is 2.27. The highest BCUT2D eigenvalue weighted by atomic mass is 35.5. The minimum atomic E-state index is -3.59. The number of carbonyl (C=O) groups is 2. The summed E-state index contributed by atoms with van der Waals surface area (Å²) in [5, 5.41) is 6.10. The summed E-state index contributed by atoms with van der Waals surface area (Å²) in [6.45, 7) is 2.17. The Balaban J connectivity index is 1.37. The fourth-order valence-corrected chi connectivity index (χ4v) is 5.22. The van der Waals surface area contributed by atoms with Gasteiger partial charge in [-0.2, -0.15) is 0 Å². The summed E-state index contributed by atoms with van der Waals surface area (Å²) >= 11 is 5.82. The lowest BCUT2D eigenvalue weighted by molar-refractivity contribution is -0.129. The Morgan fingerprint density at radius 2 is 1.64 bits per heavy atom. The predicted octanol–water partition coefficient (Wildman–Crippen LogP) is 3.42. The van der Waals surface area contributed by atoms with Crippen LogP contribution in [0.4, 0.5) is 0 Å². The van der Waals surface area contributed by atoms with E-state index in [2.05, 4.69) is 15.4 Å². The Hall–Kier alpha value is -2.42. The van der Waals surface area contributed by atoms with Crippen LogP contribution in [0.25, 0.3) is 0 Å². The van der Waals surface area contributed by atoms with Gasteiger partial charge >= 0.3 is 0 Å². The average molecular weight is 492 g/mol. The lowest BCUT2D eigenvalue weighted by atomic mass is 9.81. The molecule has 178 valence electrons. The van der Waals surface area contributed by atoms with Gasteiger partial charge in [-0.1, -0.05) is 41.9 Å². The molecule has 2 amide bonds. The van der Waals surface area contributed by atoms with Crippen molar-refractivity contribution >= 4 is 33.4 Å². The zero-order valence-electron chi connectivity index (χ0n) is 18.6. The van der Waals surface area contributed by atoms with E-state index < -0.39 is 10.0 Å². The highest BCUT2D eigenvalue weighted by molar-refractivity contribution is 7.89. The van der Waals surface area contributed by atoms with Gasteiger partial charge in [0.05, 0.1) is 17.5 Å². The first-order valence-corrected chi connectivity index (χ1v) is 13.0. The van der Waals surface area contributed by atoms with E-state index >= 15 is 0 Å². The molecule has 0 saturated heterocycles. The number of hydrogen-bond donors (Lipinski definition) is 3. The number of amides is 2. The van der Waals surface area contributed by atoms with Gasteiger partial charge in [0, 0.05) is 17.5 Å². The zero-order valence-corrected chi connectivity index (χ0v) is 20.2. The number of rotatable bonds is 9. The summed E-state index contributed by atoms with van der Waals surface area (Å²) in [5.74, 6) is -0.345. The van der Waals surface area contributed by atoms with Crippen LogP contribution in [0.5, 0.6) is 0 Å². The van der Waals surface area contributed by atoms with E-state index in [-0.39, 0.29) is 41.1 Å². The number of halogens is 1. The van der Waals surface area contributed by atoms with Crippen molar-refractivity contribution in [1.82, 2.24) is 15.4 Å². The predicted molar refractivity (Wildman–Crippen MR) is 128 cm³/mol. The van der Waals surface area contributed by atoms with Crippen LogP contribution >= 0.6 is 11.6 Å². The molecule has 33 heavy (non-hydrogen) atoms. The Morgan fingerprint density at radius 1 is 1.00 bits per heavy atom. The first-order chi connectivity index (χ1) is 15.7. The zero-order chi connectivity index (χ0) is 23.8. The molecule has 1 saturated carbocycles. The van der Waals surface area contributed by atoms with Crippen molar-refractivity contribution in [3.63, 3.8) is 0 Å². The van der Waals surface area contributed by atoms with Gasteiger partial charge in [-0.25, -0.2) is 13.1 Å². The van der Waals surface area contributed by atoms with E-state index in [9.17, 15) is 18.0 Å². The van der Waals surface area contributed by atoms with Gasteiger partial charge in [-0.05, 0) is 68.4 Å². The van der Waals surface area contributed by atoms with Gasteiger partial charge in [0.15, 0.2) is 0 Å². The minimum absolute atomic E-state index is 0.0587. The van der Waals surface area contributed by atoms with E-state index in [0.717, 1.165) is 18.4 Å². The van der Waals surface area contributed by atoms with Crippen LogP contribution in [0.1, 0.15) is 44.2 Å². The summed E-state index contributed by atoms with van der Waals surface area (Å²) in [6, 6.07) is 15.5. The molecule has 0 aliphatic heterocycles. The van der Waals surface area contributed by atoms with Crippen molar-refractivity contribution in [3.8, 4) is 0 Å². The summed E-state index contributed by atoms with van der Waals surface area (Å²) < 4.78 is 27.5. The molecule has 2 aromatic carbocycles. The van der Waals surface area contributed by atoms with Crippen molar-refractivity contribution in [2.45, 2.75) is 43.5 Å². The Labute approximate surface area is 200 Å². The summed E-state index contributed by atoms with van der Waals surface area (Å²) in [4.78, 5) is 24.8. The topological polar surface area (TPSA) is 104 Å². The standard InChI is InChI=1S/C24H30ClN3O4S/c1-17(19-5-3-2-4-6-19)28-23(29)16-26-24(30)20-9-7-18(8-10-20)15-27-33(31,32)22-13-11-21(25)12-14-22/h2-6,11-14,17-18,20,27H,7-10,15-16H2,1H3,(H,26,30)(H,28,29)/t17-,18?,20?/m0/s1. The van der Waals surface area contributed by atoms with Crippen LogP contribution in [-0.2, 0) is 19.6 Å². The van der Waals surface area contributed by atoms with Crippen LogP contribution in [0.3, 0.4) is 0 Å². The number of carbonyl (C=O) groups excluding carboxylic acids is 2. The molecule has 0 aromatic heterocycles. The Morgan fingerprint density at radius 3 is 2.27 bits per heavy atom. The number of benzene rings is 2. The van der Waals surface area contributed by atoms with Gasteiger partial charge in [0.25, 0.3) is 0 Å². The van der Waals surface area contributed by atoms with Gasteiger partial charge in [-0.15, -0.1) is 0 Å². The molecular weight excluding hydrogens is 462 g/mol. The molecular formula is C24H30ClN3O4S. The highest BCUT2D eigenvalue weighted by Crippen LogP contribution is 2.29. The summed E-state index contributed by atoms with van der Waals surface area (Å²) in [5.41, 5.74) is 1.00. The van der Waals surface area contributed by atoms with Crippen molar-refractivity contribution in [1.29, 1.82) is 0 Å². The summed E-state index contributed by atoms with van der Waals surface area (Å²) in [7, 11) is -3.59. The Kier molecular flexibility index (Phi) is 8.88. The molecule has 0 radical (unpaired) electrons. The fraction of sp³-hybridized carbons (Fsp3) is 0.417. The maximum absolute atomic E-state index is 12.5. The van der Waals surface area contributed by atoms with Gasteiger partial charge < -0.3 is 10.6 Å². The largest absolute Gasteiger partial charge is 0.348 e. The molecule has 0 unspecified atom stereocenters. The lowest BCUT2D eigenvalue weighted by Gasteiger charge is -2.28. The molecule has 9 heteroatoms. The molecule has 1 aliphatic rings. The van der Waals surface area contributed by atoms with Crippen molar-refractivity contribution in [3.05, 3.63) is 65.2 Å². The first kappa shape index (κ1) is 25.2. The normalized spacial score (nSPS) is 19.5. The smallest absolute Gasteiger partial charge is 0.240 e. The maximum atomic E-state index is 12.5. The second-order valence-corrected chi connectivity index (χ2v) is 10.6. The van der Waals surface area contributed by atoms with Crippen LogP contribution in [-0.4, -0.2) is 33.3 Å². The monoisotopic (exact) mass is 491 g/mol. The molecule has 1 fully saturated rings. The minimum Gasteiger partial charge on any atom is -0.348 e. The van der Waals surface area contributed by atoms with Gasteiger partial charge in [-0.3, -0.25) is 9.59 Å². The van der Waals surface area contributed by atoms with E-state index in [1.165, 1.54) is 12.1 Å². The third kappa shape index (κ3) is 7.55. The fourth-order valence-electron chi connectivity index (χ4n) is 3.98. The molecule has 0 heterocycles. The Bertz CT molecular complexity index is 1040. The molecule has 1 atom stereocenters. The molecule has 2 aromatic rings. The molecule has 0 spiro atoms. The molecule has 0 bridgehead atoms. The van der Waals surface area contributed by atoms with Crippen molar-refractivity contribution < 1.29 is 18.0 Å². The first-order valence-electron chi connectivity index (χ1n) is 11.1. The second kappa shape index (κ2) is 11.6. The number of nitrogens with one attached hydrogen (secondary N) is 3. The number of sulfonamides is 1. The summed E-state index contributed by atoms with van der Waals surface area (Å²) in [6.07, 6.45) is 2.83. The van der Waals surface area contributed by atoms with Crippen LogP contribution in [0, 0.1) is 11.8 Å². The third-order valence-corrected chi connectivity index (χ3v) is 7.70. The maximum Gasteiger partial charge on any atom is 0.240 e. The van der Waals surface area contributed by atoms with Crippen molar-refractivity contribution in [2.24, 2.45) is 11.8 Å². The molecule has 1 aliphatic carbocycles. The average Bonchev–Trinajstić information content (AvgIpc) is 2.82. The quantitative estimate of drug-likeness (QED) is 0.500. The van der Waals surface area contributed by atoms with Gasteiger partial charge in [0.2, 0.25) is 21.8 Å². The molecule has 3 rings (SSSR count). The second-order valence-electron chi connectivity index (χ2n) is 8.44. The third-order valence-electron chi connectivity index (χ3n) is 6.00. The van der Waals surface area contributed by atoms with E-state index in [4.69, 9.17) is 11.6 Å². The molecule has 3 N–H and O–H groups in total. The van der Waals surface area contributed by atoms with Crippen LogP contribution < -0.4 is 15.4 Å². The van der Waals surface area contributed by atoms with Gasteiger partial charge in [0.1, 0.15) is 0 Å². The van der Waals surface area contributed by atoms with Crippen LogP contribution in [0.2, 0.25) is 5.02 Å². The number of hydrogen-bond acceptors (Lipinski definition) is 4. The van der Waals surface area contributed by atoms with Crippen molar-refractivity contribution in [2.75, 3.05) is 13.1 Å². The molecule has 7 nitrogen and oxygen atoms in total. The van der Waals surface area contributed by atoms with E-state index in [0.29, 0.717) is 24.4 Å². The SMILES string of the molecule is C[C@H](NC(=O)CNC(=O)C1CCC(CNS(=O)(=O)c2ccc(Cl)cc2)CC1)c1ccccc1. The van der Waals surface area contributed by atoms with E-state index in [1.807, 2.05) is 37.3 Å². The van der Waals surface area contributed by atoms with E-state index in [1.54, 1.807) is 12.1 Å². The lowest BCUT2D eigenvalue weighted by Crippen LogP contribution is -2.41.